The topological polar surface area (TPSA) is 92.4 Å². The largest absolute Gasteiger partial charge is 0.478 e. The Hall–Kier alpha value is -2.66. The predicted molar refractivity (Wildman–Crippen MR) is 80.0 cm³/mol. The predicted octanol–water partition coefficient (Wildman–Crippen LogP) is 2.20. The summed E-state index contributed by atoms with van der Waals surface area (Å²) >= 11 is 0. The summed E-state index contributed by atoms with van der Waals surface area (Å²) in [5.74, 6) is -1.38. The Balaban J connectivity index is 2.15. The first-order valence-corrected chi connectivity index (χ1v) is 6.40. The summed E-state index contributed by atoms with van der Waals surface area (Å²) < 4.78 is 0. The van der Waals surface area contributed by atoms with Crippen molar-refractivity contribution in [2.45, 2.75) is 12.5 Å². The van der Waals surface area contributed by atoms with E-state index in [1.807, 2.05) is 18.2 Å². The Morgan fingerprint density at radius 3 is 2.14 bits per heavy atom. The summed E-state index contributed by atoms with van der Waals surface area (Å²) in [6, 6.07) is 15.0. The van der Waals surface area contributed by atoms with Gasteiger partial charge < -0.3 is 16.2 Å². The highest BCUT2D eigenvalue weighted by atomic mass is 16.4. The Labute approximate surface area is 122 Å². The van der Waals surface area contributed by atoms with Crippen molar-refractivity contribution < 1.29 is 14.7 Å². The second-order valence-electron chi connectivity index (χ2n) is 4.91. The number of carboxylic acid groups (broad SMARTS) is 1. The van der Waals surface area contributed by atoms with Crippen molar-refractivity contribution >= 4 is 17.6 Å². The molecule has 0 saturated heterocycles. The average Bonchev–Trinajstić information content (AvgIpc) is 2.48. The maximum atomic E-state index is 12.3. The van der Waals surface area contributed by atoms with E-state index < -0.39 is 11.5 Å². The fraction of sp³-hybridized carbons (Fsp3) is 0.125. The molecule has 0 aliphatic carbocycles. The van der Waals surface area contributed by atoms with Gasteiger partial charge in [0.05, 0.1) is 5.56 Å². The maximum absolute atomic E-state index is 12.3. The van der Waals surface area contributed by atoms with Crippen LogP contribution in [0.15, 0.2) is 54.6 Å². The number of anilines is 1. The molecule has 0 aromatic heterocycles. The van der Waals surface area contributed by atoms with Crippen LogP contribution in [0.3, 0.4) is 0 Å². The van der Waals surface area contributed by atoms with Gasteiger partial charge in [-0.05, 0) is 36.8 Å². The molecular weight excluding hydrogens is 268 g/mol. The lowest BCUT2D eigenvalue weighted by Crippen LogP contribution is -2.45. The molecule has 1 atom stereocenters. The SMILES string of the molecule is CC(N)(C(=O)Nc1ccc(C(=O)O)cc1)c1ccccc1. The summed E-state index contributed by atoms with van der Waals surface area (Å²) in [6.45, 7) is 1.63. The van der Waals surface area contributed by atoms with E-state index in [0.29, 0.717) is 11.3 Å². The fourth-order valence-corrected chi connectivity index (χ4v) is 1.87. The molecule has 5 heteroatoms. The molecule has 21 heavy (non-hydrogen) atoms. The molecule has 108 valence electrons. The highest BCUT2D eigenvalue weighted by molar-refractivity contribution is 5.98. The van der Waals surface area contributed by atoms with Gasteiger partial charge in [0, 0.05) is 5.69 Å². The molecule has 2 rings (SSSR count). The van der Waals surface area contributed by atoms with Crippen LogP contribution in [0.25, 0.3) is 0 Å². The van der Waals surface area contributed by atoms with Gasteiger partial charge in [0.15, 0.2) is 0 Å². The van der Waals surface area contributed by atoms with Crippen molar-refractivity contribution in [2.75, 3.05) is 5.32 Å². The third kappa shape index (κ3) is 3.27. The van der Waals surface area contributed by atoms with Crippen LogP contribution >= 0.6 is 0 Å². The lowest BCUT2D eigenvalue weighted by molar-refractivity contribution is -0.120. The lowest BCUT2D eigenvalue weighted by atomic mass is 9.92. The number of carbonyl (C=O) groups excluding carboxylic acids is 1. The quantitative estimate of drug-likeness (QED) is 0.802. The summed E-state index contributed by atoms with van der Waals surface area (Å²) in [5, 5.41) is 11.5. The maximum Gasteiger partial charge on any atom is 0.335 e. The Morgan fingerprint density at radius 2 is 1.62 bits per heavy atom. The number of carbonyl (C=O) groups is 2. The Morgan fingerprint density at radius 1 is 1.05 bits per heavy atom. The Kier molecular flexibility index (Phi) is 4.05. The molecule has 0 aliphatic rings. The number of hydrogen-bond donors (Lipinski definition) is 3. The highest BCUT2D eigenvalue weighted by Crippen LogP contribution is 2.20. The molecule has 0 bridgehead atoms. The van der Waals surface area contributed by atoms with E-state index in [9.17, 15) is 9.59 Å². The van der Waals surface area contributed by atoms with Crippen molar-refractivity contribution in [3.63, 3.8) is 0 Å². The van der Waals surface area contributed by atoms with Crippen molar-refractivity contribution in [1.82, 2.24) is 0 Å². The second-order valence-corrected chi connectivity index (χ2v) is 4.91. The minimum Gasteiger partial charge on any atom is -0.478 e. The minimum atomic E-state index is -1.17. The van der Waals surface area contributed by atoms with E-state index in [1.165, 1.54) is 24.3 Å². The summed E-state index contributed by atoms with van der Waals surface area (Å²) in [7, 11) is 0. The number of nitrogens with two attached hydrogens (primary N) is 1. The molecule has 0 heterocycles. The lowest BCUT2D eigenvalue weighted by Gasteiger charge is -2.24. The molecule has 4 N–H and O–H groups in total. The van der Waals surface area contributed by atoms with Crippen LogP contribution in [0.5, 0.6) is 0 Å². The van der Waals surface area contributed by atoms with Gasteiger partial charge in [0.2, 0.25) is 5.91 Å². The van der Waals surface area contributed by atoms with E-state index in [1.54, 1.807) is 19.1 Å². The van der Waals surface area contributed by atoms with Crippen molar-refractivity contribution in [2.24, 2.45) is 5.73 Å². The van der Waals surface area contributed by atoms with Crippen LogP contribution in [0.4, 0.5) is 5.69 Å². The van der Waals surface area contributed by atoms with Gasteiger partial charge >= 0.3 is 5.97 Å². The van der Waals surface area contributed by atoms with Gasteiger partial charge in [0.1, 0.15) is 5.54 Å². The van der Waals surface area contributed by atoms with Crippen LogP contribution in [0.2, 0.25) is 0 Å². The number of carboxylic acids is 1. The Bertz CT molecular complexity index is 649. The average molecular weight is 284 g/mol. The minimum absolute atomic E-state index is 0.159. The van der Waals surface area contributed by atoms with Crippen LogP contribution in [0.1, 0.15) is 22.8 Å². The zero-order valence-corrected chi connectivity index (χ0v) is 11.5. The first-order valence-electron chi connectivity index (χ1n) is 6.40. The van der Waals surface area contributed by atoms with Crippen molar-refractivity contribution in [3.05, 3.63) is 65.7 Å². The van der Waals surface area contributed by atoms with Crippen LogP contribution in [-0.2, 0) is 10.3 Å². The molecule has 2 aromatic carbocycles. The third-order valence-electron chi connectivity index (χ3n) is 3.23. The molecular formula is C16H16N2O3. The summed E-state index contributed by atoms with van der Waals surface area (Å²) in [5.41, 5.74) is 6.28. The van der Waals surface area contributed by atoms with Crippen LogP contribution in [0, 0.1) is 0 Å². The third-order valence-corrected chi connectivity index (χ3v) is 3.23. The molecule has 0 aliphatic heterocycles. The van der Waals surface area contributed by atoms with Crippen LogP contribution in [-0.4, -0.2) is 17.0 Å². The van der Waals surface area contributed by atoms with E-state index in [-0.39, 0.29) is 11.5 Å². The number of aromatic carboxylic acids is 1. The molecule has 2 aromatic rings. The second kappa shape index (κ2) is 5.76. The molecule has 1 unspecified atom stereocenters. The van der Waals surface area contributed by atoms with E-state index in [0.717, 1.165) is 0 Å². The van der Waals surface area contributed by atoms with Gasteiger partial charge in [-0.25, -0.2) is 4.79 Å². The highest BCUT2D eigenvalue weighted by Gasteiger charge is 2.30. The fourth-order valence-electron chi connectivity index (χ4n) is 1.87. The summed E-state index contributed by atoms with van der Waals surface area (Å²) in [6.07, 6.45) is 0. The monoisotopic (exact) mass is 284 g/mol. The first kappa shape index (κ1) is 14.7. The first-order chi connectivity index (χ1) is 9.91. The van der Waals surface area contributed by atoms with Crippen molar-refractivity contribution in [1.29, 1.82) is 0 Å². The zero-order chi connectivity index (χ0) is 15.5. The molecule has 0 spiro atoms. The number of hydrogen-bond acceptors (Lipinski definition) is 3. The molecule has 0 fully saturated rings. The number of amides is 1. The molecule has 0 saturated carbocycles. The number of benzene rings is 2. The van der Waals surface area contributed by atoms with Gasteiger partial charge in [-0.1, -0.05) is 30.3 Å². The van der Waals surface area contributed by atoms with E-state index in [4.69, 9.17) is 10.8 Å². The van der Waals surface area contributed by atoms with E-state index in [2.05, 4.69) is 5.32 Å². The smallest absolute Gasteiger partial charge is 0.335 e. The van der Waals surface area contributed by atoms with Crippen molar-refractivity contribution in [3.8, 4) is 0 Å². The number of nitrogens with one attached hydrogen (secondary N) is 1. The normalized spacial score (nSPS) is 13.2. The van der Waals surface area contributed by atoms with Gasteiger partial charge in [-0.3, -0.25) is 4.79 Å². The van der Waals surface area contributed by atoms with Gasteiger partial charge in [-0.2, -0.15) is 0 Å². The van der Waals surface area contributed by atoms with Gasteiger partial charge in [0.25, 0.3) is 0 Å². The summed E-state index contributed by atoms with van der Waals surface area (Å²) in [4.78, 5) is 23.1. The standard InChI is InChI=1S/C16H16N2O3/c1-16(17,12-5-3-2-4-6-12)15(21)18-13-9-7-11(8-10-13)14(19)20/h2-10H,17H2,1H3,(H,18,21)(H,19,20). The van der Waals surface area contributed by atoms with Crippen LogP contribution < -0.4 is 11.1 Å². The molecule has 5 nitrogen and oxygen atoms in total. The zero-order valence-electron chi connectivity index (χ0n) is 11.5. The van der Waals surface area contributed by atoms with Gasteiger partial charge in [-0.15, -0.1) is 0 Å². The molecule has 0 radical (unpaired) electrons. The number of rotatable bonds is 4. The molecule has 1 amide bonds. The van der Waals surface area contributed by atoms with E-state index >= 15 is 0 Å².